The van der Waals surface area contributed by atoms with Crippen LogP contribution in [0.2, 0.25) is 0 Å². The van der Waals surface area contributed by atoms with Crippen molar-refractivity contribution in [3.05, 3.63) is 18.0 Å². The molecule has 7 heteroatoms. The molecule has 1 aromatic rings. The third kappa shape index (κ3) is 2.90. The average Bonchev–Trinajstić information content (AvgIpc) is 2.91. The smallest absolute Gasteiger partial charge is 0.244 e. The fourth-order valence-corrected chi connectivity index (χ4v) is 4.06. The van der Waals surface area contributed by atoms with Crippen LogP contribution in [0.3, 0.4) is 0 Å². The number of rotatable bonds is 5. The highest BCUT2D eigenvalue weighted by atomic mass is 32.2. The van der Waals surface area contributed by atoms with Crippen LogP contribution in [-0.2, 0) is 23.1 Å². The van der Waals surface area contributed by atoms with Crippen molar-refractivity contribution in [3.8, 4) is 0 Å². The molecule has 0 bridgehead atoms. The molecule has 114 valence electrons. The molecule has 2 N–H and O–H groups in total. The molecule has 0 saturated carbocycles. The van der Waals surface area contributed by atoms with Gasteiger partial charge in [0.25, 0.3) is 0 Å². The van der Waals surface area contributed by atoms with E-state index in [4.69, 9.17) is 5.73 Å². The molecule has 2 heterocycles. The van der Waals surface area contributed by atoms with E-state index in [1.165, 1.54) is 0 Å². The van der Waals surface area contributed by atoms with E-state index in [-0.39, 0.29) is 0 Å². The number of hydrogen-bond donors (Lipinski definition) is 1. The van der Waals surface area contributed by atoms with Gasteiger partial charge in [-0.25, -0.2) is 8.42 Å². The quantitative estimate of drug-likeness (QED) is 0.848. The topological polar surface area (TPSA) is 71.6 Å². The zero-order chi connectivity index (χ0) is 14.8. The van der Waals surface area contributed by atoms with Gasteiger partial charge in [-0.15, -0.1) is 0 Å². The highest BCUT2D eigenvalue weighted by Crippen LogP contribution is 2.20. The number of nitrogens with two attached hydrogens (primary N) is 1. The molecular formula is C13H24N4O2S. The van der Waals surface area contributed by atoms with Crippen LogP contribution in [0.5, 0.6) is 0 Å². The van der Waals surface area contributed by atoms with Crippen LogP contribution in [-0.4, -0.2) is 54.9 Å². The van der Waals surface area contributed by atoms with Crippen LogP contribution in [0.15, 0.2) is 17.2 Å². The Morgan fingerprint density at radius 1 is 1.15 bits per heavy atom. The first-order chi connectivity index (χ1) is 9.52. The molecule has 20 heavy (non-hydrogen) atoms. The van der Waals surface area contributed by atoms with Crippen LogP contribution in [0, 0.1) is 0 Å². The lowest BCUT2D eigenvalue weighted by Gasteiger charge is -2.32. The standard InChI is InChI=1S/C13H24N4O2S/c1-3-15-5-7-17(8-6-15)20(18,19)13-9-12(10-14)16(4-2)11-13/h9,11H,3-8,10,14H2,1-2H3. The molecular weight excluding hydrogens is 276 g/mol. The summed E-state index contributed by atoms with van der Waals surface area (Å²) in [6.07, 6.45) is 1.70. The summed E-state index contributed by atoms with van der Waals surface area (Å²) in [4.78, 5) is 2.62. The summed E-state index contributed by atoms with van der Waals surface area (Å²) >= 11 is 0. The molecule has 1 aliphatic heterocycles. The van der Waals surface area contributed by atoms with Gasteiger partial charge in [0.15, 0.2) is 0 Å². The van der Waals surface area contributed by atoms with Crippen molar-refractivity contribution < 1.29 is 8.42 Å². The number of likely N-dealkylation sites (N-methyl/N-ethyl adjacent to an activating group) is 1. The maximum absolute atomic E-state index is 12.6. The monoisotopic (exact) mass is 300 g/mol. The number of aromatic nitrogens is 1. The molecule has 1 aliphatic rings. The zero-order valence-corrected chi connectivity index (χ0v) is 13.1. The summed E-state index contributed by atoms with van der Waals surface area (Å²) in [6.45, 7) is 8.85. The SMILES string of the molecule is CCN1CCN(S(=O)(=O)c2cc(CN)n(CC)c2)CC1. The average molecular weight is 300 g/mol. The lowest BCUT2D eigenvalue weighted by Crippen LogP contribution is -2.48. The Morgan fingerprint density at radius 2 is 1.80 bits per heavy atom. The van der Waals surface area contributed by atoms with E-state index in [1.54, 1.807) is 16.6 Å². The lowest BCUT2D eigenvalue weighted by molar-refractivity contribution is 0.196. The van der Waals surface area contributed by atoms with Crippen molar-refractivity contribution in [2.45, 2.75) is 31.8 Å². The zero-order valence-electron chi connectivity index (χ0n) is 12.2. The lowest BCUT2D eigenvalue weighted by atomic mass is 10.4. The first-order valence-corrected chi connectivity index (χ1v) is 8.58. The number of nitrogens with zero attached hydrogens (tertiary/aromatic N) is 3. The van der Waals surface area contributed by atoms with E-state index in [0.29, 0.717) is 24.5 Å². The van der Waals surface area contributed by atoms with E-state index in [2.05, 4.69) is 11.8 Å². The Kier molecular flexibility index (Phi) is 4.85. The molecule has 6 nitrogen and oxygen atoms in total. The van der Waals surface area contributed by atoms with Gasteiger partial charge in [-0.2, -0.15) is 4.31 Å². The van der Waals surface area contributed by atoms with Gasteiger partial charge in [0, 0.05) is 51.2 Å². The minimum absolute atomic E-state index is 0.354. The van der Waals surface area contributed by atoms with Crippen molar-refractivity contribution in [3.63, 3.8) is 0 Å². The number of sulfonamides is 1. The highest BCUT2D eigenvalue weighted by molar-refractivity contribution is 7.89. The summed E-state index contributed by atoms with van der Waals surface area (Å²) in [5.74, 6) is 0. The van der Waals surface area contributed by atoms with Gasteiger partial charge in [-0.05, 0) is 19.5 Å². The largest absolute Gasteiger partial charge is 0.349 e. The van der Waals surface area contributed by atoms with E-state index < -0.39 is 10.0 Å². The van der Waals surface area contributed by atoms with Crippen molar-refractivity contribution >= 4 is 10.0 Å². The fourth-order valence-electron chi connectivity index (χ4n) is 2.57. The number of piperazine rings is 1. The second-order valence-corrected chi connectivity index (χ2v) is 6.93. The minimum Gasteiger partial charge on any atom is -0.349 e. The molecule has 0 radical (unpaired) electrons. The molecule has 1 saturated heterocycles. The first-order valence-electron chi connectivity index (χ1n) is 7.14. The summed E-state index contributed by atoms with van der Waals surface area (Å²) in [6, 6.07) is 1.70. The van der Waals surface area contributed by atoms with E-state index >= 15 is 0 Å². The second-order valence-electron chi connectivity index (χ2n) is 5.00. The molecule has 0 amide bonds. The summed E-state index contributed by atoms with van der Waals surface area (Å²) in [5.41, 5.74) is 6.52. The predicted octanol–water partition coefficient (Wildman–Crippen LogP) is 0.293. The van der Waals surface area contributed by atoms with Crippen LogP contribution in [0.25, 0.3) is 0 Å². The van der Waals surface area contributed by atoms with Crippen LogP contribution >= 0.6 is 0 Å². The Morgan fingerprint density at radius 3 is 2.25 bits per heavy atom. The van der Waals surface area contributed by atoms with Crippen molar-refractivity contribution in [2.75, 3.05) is 32.7 Å². The van der Waals surface area contributed by atoms with Crippen molar-refractivity contribution in [1.29, 1.82) is 0 Å². The van der Waals surface area contributed by atoms with Gasteiger partial charge in [0.1, 0.15) is 4.90 Å². The van der Waals surface area contributed by atoms with Crippen LogP contribution in [0.4, 0.5) is 0 Å². The third-order valence-corrected chi connectivity index (χ3v) is 5.79. The van der Waals surface area contributed by atoms with Gasteiger partial charge in [0.2, 0.25) is 10.0 Å². The first kappa shape index (κ1) is 15.5. The maximum atomic E-state index is 12.6. The van der Waals surface area contributed by atoms with E-state index in [0.717, 1.165) is 31.9 Å². The molecule has 1 fully saturated rings. The number of hydrogen-bond acceptors (Lipinski definition) is 4. The Balaban J connectivity index is 2.20. The summed E-state index contributed by atoms with van der Waals surface area (Å²) in [5, 5.41) is 0. The molecule has 0 aliphatic carbocycles. The number of aryl methyl sites for hydroxylation is 1. The molecule has 2 rings (SSSR count). The Labute approximate surface area is 121 Å². The van der Waals surface area contributed by atoms with E-state index in [9.17, 15) is 8.42 Å². The Hall–Kier alpha value is -0.890. The second kappa shape index (κ2) is 6.26. The summed E-state index contributed by atoms with van der Waals surface area (Å²) < 4.78 is 28.7. The molecule has 0 spiro atoms. The molecule has 1 aromatic heterocycles. The third-order valence-electron chi connectivity index (χ3n) is 3.93. The molecule has 0 atom stereocenters. The van der Waals surface area contributed by atoms with Gasteiger partial charge in [-0.3, -0.25) is 0 Å². The predicted molar refractivity (Wildman–Crippen MR) is 78.9 cm³/mol. The summed E-state index contributed by atoms with van der Waals surface area (Å²) in [7, 11) is -3.39. The Bertz CT molecular complexity index is 523. The van der Waals surface area contributed by atoms with Gasteiger partial charge in [-0.1, -0.05) is 6.92 Å². The highest BCUT2D eigenvalue weighted by Gasteiger charge is 2.29. The van der Waals surface area contributed by atoms with Crippen LogP contribution in [0.1, 0.15) is 19.5 Å². The maximum Gasteiger partial charge on any atom is 0.244 e. The van der Waals surface area contributed by atoms with Crippen LogP contribution < -0.4 is 5.73 Å². The normalized spacial score (nSPS) is 18.6. The fraction of sp³-hybridized carbons (Fsp3) is 0.692. The van der Waals surface area contributed by atoms with Crippen molar-refractivity contribution in [2.24, 2.45) is 5.73 Å². The van der Waals surface area contributed by atoms with Gasteiger partial charge < -0.3 is 15.2 Å². The van der Waals surface area contributed by atoms with E-state index in [1.807, 2.05) is 11.5 Å². The minimum atomic E-state index is -3.39. The molecule has 0 unspecified atom stereocenters. The van der Waals surface area contributed by atoms with Gasteiger partial charge in [0.05, 0.1) is 0 Å². The molecule has 0 aromatic carbocycles. The van der Waals surface area contributed by atoms with Crippen molar-refractivity contribution in [1.82, 2.24) is 13.8 Å². The van der Waals surface area contributed by atoms with Gasteiger partial charge >= 0.3 is 0 Å².